The van der Waals surface area contributed by atoms with E-state index < -0.39 is 52.5 Å². The maximum absolute atomic E-state index is 13.6. The van der Waals surface area contributed by atoms with Gasteiger partial charge in [-0.05, 0) is 56.5 Å². The fourth-order valence-electron chi connectivity index (χ4n) is 3.52. The van der Waals surface area contributed by atoms with Crippen LogP contribution in [0, 0.1) is 11.3 Å². The molecule has 1 fully saturated rings. The van der Waals surface area contributed by atoms with Crippen molar-refractivity contribution >= 4 is 11.9 Å². The lowest BCUT2D eigenvalue weighted by molar-refractivity contribution is -0.228. The normalized spacial score (nSPS) is 16.2. The summed E-state index contributed by atoms with van der Waals surface area (Å²) in [6.07, 6.45) is -8.41. The fourth-order valence-corrected chi connectivity index (χ4v) is 3.52. The maximum Gasteiger partial charge on any atom is 0.418 e. The Morgan fingerprint density at radius 3 is 2.17 bits per heavy atom. The van der Waals surface area contributed by atoms with Crippen LogP contribution in [0.5, 0.6) is 0 Å². The Hall–Kier alpha value is -3.15. The SMILES string of the molecule is CC(C)(C)C(=O)ON1CC(CC(=O)N[C@@H](c2ccc(C(F)(F)F)cc2)c2ncccc2C(F)(F)F)C1. The summed E-state index contributed by atoms with van der Waals surface area (Å²) >= 11 is 0. The number of hydrogen-bond acceptors (Lipinski definition) is 5. The van der Waals surface area contributed by atoms with Gasteiger partial charge in [0, 0.05) is 25.7 Å². The van der Waals surface area contributed by atoms with E-state index in [2.05, 4.69) is 10.3 Å². The average molecular weight is 517 g/mol. The summed E-state index contributed by atoms with van der Waals surface area (Å²) < 4.78 is 79.8. The number of pyridine rings is 1. The molecule has 1 aromatic heterocycles. The third kappa shape index (κ3) is 6.74. The molecule has 1 aliphatic heterocycles. The number of carbonyl (C=O) groups excluding carboxylic acids is 2. The van der Waals surface area contributed by atoms with Crippen LogP contribution >= 0.6 is 0 Å². The highest BCUT2D eigenvalue weighted by molar-refractivity contribution is 5.77. The fraction of sp³-hybridized carbons (Fsp3) is 0.458. The van der Waals surface area contributed by atoms with Gasteiger partial charge in [0.25, 0.3) is 0 Å². The summed E-state index contributed by atoms with van der Waals surface area (Å²) in [5.74, 6) is -1.29. The Morgan fingerprint density at radius 1 is 1.03 bits per heavy atom. The van der Waals surface area contributed by atoms with Crippen LogP contribution in [-0.2, 0) is 26.8 Å². The van der Waals surface area contributed by atoms with E-state index in [1.54, 1.807) is 20.8 Å². The molecule has 1 amide bonds. The standard InChI is InChI=1S/C24H25F6N3O3/c1-22(2,3)21(35)36-33-12-14(13-33)11-18(34)32-19(15-6-8-16(9-7-15)23(25,26)27)20-17(24(28,29)30)5-4-10-31-20/h4-10,14,19H,11-13H2,1-3H3,(H,32,34)/t19-/m0/s1. The highest BCUT2D eigenvalue weighted by Gasteiger charge is 2.39. The van der Waals surface area contributed by atoms with Gasteiger partial charge in [-0.1, -0.05) is 12.1 Å². The quantitative estimate of drug-likeness (QED) is 0.537. The van der Waals surface area contributed by atoms with Crippen molar-refractivity contribution < 1.29 is 40.8 Å². The molecular formula is C24H25F6N3O3. The second-order valence-electron chi connectivity index (χ2n) is 9.60. The van der Waals surface area contributed by atoms with Crippen molar-refractivity contribution in [3.05, 3.63) is 65.0 Å². The van der Waals surface area contributed by atoms with Gasteiger partial charge in [-0.3, -0.25) is 9.78 Å². The van der Waals surface area contributed by atoms with Crippen molar-refractivity contribution in [3.8, 4) is 0 Å². The molecule has 0 aliphatic carbocycles. The molecule has 1 aliphatic rings. The number of hydroxylamine groups is 2. The zero-order chi connectivity index (χ0) is 26.9. The molecule has 1 aromatic carbocycles. The van der Waals surface area contributed by atoms with Crippen molar-refractivity contribution in [2.24, 2.45) is 11.3 Å². The summed E-state index contributed by atoms with van der Waals surface area (Å²) in [7, 11) is 0. The smallest absolute Gasteiger partial charge is 0.367 e. The van der Waals surface area contributed by atoms with Crippen molar-refractivity contribution in [2.75, 3.05) is 13.1 Å². The van der Waals surface area contributed by atoms with Gasteiger partial charge in [-0.15, -0.1) is 5.06 Å². The van der Waals surface area contributed by atoms with Crippen LogP contribution in [0.25, 0.3) is 0 Å². The Kier molecular flexibility index (Phi) is 7.68. The molecule has 1 atom stereocenters. The van der Waals surface area contributed by atoms with Gasteiger partial charge in [0.2, 0.25) is 5.91 Å². The lowest BCUT2D eigenvalue weighted by Gasteiger charge is -2.38. The van der Waals surface area contributed by atoms with E-state index in [1.807, 2.05) is 0 Å². The van der Waals surface area contributed by atoms with Gasteiger partial charge in [-0.25, -0.2) is 4.79 Å². The minimum Gasteiger partial charge on any atom is -0.367 e. The second-order valence-corrected chi connectivity index (χ2v) is 9.60. The van der Waals surface area contributed by atoms with E-state index in [0.29, 0.717) is 0 Å². The molecule has 2 heterocycles. The zero-order valence-corrected chi connectivity index (χ0v) is 19.7. The number of nitrogens with one attached hydrogen (secondary N) is 1. The summed E-state index contributed by atoms with van der Waals surface area (Å²) in [6.45, 7) is 5.59. The van der Waals surface area contributed by atoms with E-state index in [0.717, 1.165) is 42.6 Å². The van der Waals surface area contributed by atoms with Crippen LogP contribution in [0.1, 0.15) is 55.6 Å². The summed E-state index contributed by atoms with van der Waals surface area (Å²) in [5.41, 5.74) is -3.33. The van der Waals surface area contributed by atoms with Crippen molar-refractivity contribution in [3.63, 3.8) is 0 Å². The predicted octanol–water partition coefficient (Wildman–Crippen LogP) is 5.15. The number of rotatable bonds is 6. The summed E-state index contributed by atoms with van der Waals surface area (Å²) in [6, 6.07) is 3.93. The van der Waals surface area contributed by atoms with Gasteiger partial charge < -0.3 is 10.2 Å². The minimum absolute atomic E-state index is 0.00916. The topological polar surface area (TPSA) is 71.5 Å². The lowest BCUT2D eigenvalue weighted by Crippen LogP contribution is -2.50. The first-order valence-electron chi connectivity index (χ1n) is 11.0. The number of carbonyl (C=O) groups is 2. The van der Waals surface area contributed by atoms with E-state index in [4.69, 9.17) is 4.84 Å². The molecule has 0 radical (unpaired) electrons. The molecule has 0 bridgehead atoms. The molecular weight excluding hydrogens is 492 g/mol. The first kappa shape index (κ1) is 27.4. The number of aromatic nitrogens is 1. The van der Waals surface area contributed by atoms with Gasteiger partial charge in [0.15, 0.2) is 0 Å². The van der Waals surface area contributed by atoms with Crippen molar-refractivity contribution in [1.82, 2.24) is 15.4 Å². The van der Waals surface area contributed by atoms with E-state index in [9.17, 15) is 35.9 Å². The maximum atomic E-state index is 13.6. The van der Waals surface area contributed by atoms with Gasteiger partial charge in [0.1, 0.15) is 0 Å². The molecule has 36 heavy (non-hydrogen) atoms. The van der Waals surface area contributed by atoms with E-state index >= 15 is 0 Å². The number of alkyl halides is 6. The molecule has 12 heteroatoms. The molecule has 1 saturated heterocycles. The first-order chi connectivity index (χ1) is 16.6. The largest absolute Gasteiger partial charge is 0.418 e. The zero-order valence-electron chi connectivity index (χ0n) is 19.7. The van der Waals surface area contributed by atoms with Gasteiger partial charge >= 0.3 is 18.3 Å². The molecule has 6 nitrogen and oxygen atoms in total. The van der Waals surface area contributed by atoms with Crippen molar-refractivity contribution in [2.45, 2.75) is 45.6 Å². The Balaban J connectivity index is 1.77. The number of nitrogens with zero attached hydrogens (tertiary/aromatic N) is 2. The van der Waals surface area contributed by atoms with E-state index in [1.165, 1.54) is 5.06 Å². The molecule has 0 saturated carbocycles. The predicted molar refractivity (Wildman–Crippen MR) is 116 cm³/mol. The third-order valence-electron chi connectivity index (χ3n) is 5.52. The molecule has 196 valence electrons. The van der Waals surface area contributed by atoms with Gasteiger partial charge in [0.05, 0.1) is 28.3 Å². The van der Waals surface area contributed by atoms with Crippen LogP contribution in [0.2, 0.25) is 0 Å². The van der Waals surface area contributed by atoms with Crippen molar-refractivity contribution in [1.29, 1.82) is 0 Å². The molecule has 3 rings (SSSR count). The van der Waals surface area contributed by atoms with Crippen LogP contribution in [0.3, 0.4) is 0 Å². The highest BCUT2D eigenvalue weighted by Crippen LogP contribution is 2.37. The first-order valence-corrected chi connectivity index (χ1v) is 11.0. The van der Waals surface area contributed by atoms with Gasteiger partial charge in [-0.2, -0.15) is 26.3 Å². The number of amides is 1. The Labute approximate surface area is 203 Å². The molecule has 0 spiro atoms. The molecule has 1 N–H and O–H groups in total. The highest BCUT2D eigenvalue weighted by atomic mass is 19.4. The monoisotopic (exact) mass is 517 g/mol. The average Bonchev–Trinajstić information content (AvgIpc) is 2.74. The Morgan fingerprint density at radius 2 is 1.64 bits per heavy atom. The molecule has 0 unspecified atom stereocenters. The van der Waals surface area contributed by atoms with Crippen LogP contribution in [0.4, 0.5) is 26.3 Å². The van der Waals surface area contributed by atoms with Crippen LogP contribution < -0.4 is 5.32 Å². The number of benzene rings is 1. The molecule has 2 aromatic rings. The summed E-state index contributed by atoms with van der Waals surface area (Å²) in [5, 5.41) is 3.88. The lowest BCUT2D eigenvalue weighted by atomic mass is 9.95. The van der Waals surface area contributed by atoms with Crippen LogP contribution in [-0.4, -0.2) is 35.0 Å². The number of halogens is 6. The van der Waals surface area contributed by atoms with Crippen LogP contribution in [0.15, 0.2) is 42.6 Å². The second kappa shape index (κ2) is 10.1. The summed E-state index contributed by atoms with van der Waals surface area (Å²) in [4.78, 5) is 33.7. The van der Waals surface area contributed by atoms with E-state index in [-0.39, 0.29) is 31.0 Å². The Bertz CT molecular complexity index is 1090. The minimum atomic E-state index is -4.80. The third-order valence-corrected chi connectivity index (χ3v) is 5.52. The number of hydrogen-bond donors (Lipinski definition) is 1.